The van der Waals surface area contributed by atoms with E-state index in [1.54, 1.807) is 0 Å². The highest BCUT2D eigenvalue weighted by molar-refractivity contribution is 5.81. The molecule has 2 unspecified atom stereocenters. The Morgan fingerprint density at radius 1 is 1.28 bits per heavy atom. The van der Waals surface area contributed by atoms with Crippen LogP contribution in [-0.4, -0.2) is 29.0 Å². The monoisotopic (exact) mass is 249 g/mol. The molecule has 2 fully saturated rings. The van der Waals surface area contributed by atoms with Crippen molar-refractivity contribution in [1.82, 2.24) is 4.90 Å². The van der Waals surface area contributed by atoms with Gasteiger partial charge in [0.2, 0.25) is 0 Å². The van der Waals surface area contributed by atoms with Gasteiger partial charge in [-0.3, -0.25) is 4.99 Å². The quantitative estimate of drug-likeness (QED) is 0.817. The summed E-state index contributed by atoms with van der Waals surface area (Å²) in [6, 6.07) is 0.687. The Kier molecular flexibility index (Phi) is 3.25. The van der Waals surface area contributed by atoms with Crippen LogP contribution >= 0.6 is 0 Å². The fourth-order valence-electron chi connectivity index (χ4n) is 4.53. The molecular weight excluding hydrogens is 222 g/mol. The van der Waals surface area contributed by atoms with Gasteiger partial charge in [0.1, 0.15) is 0 Å². The summed E-state index contributed by atoms with van der Waals surface area (Å²) in [5.41, 5.74) is 6.53. The molecule has 2 N–H and O–H groups in total. The van der Waals surface area contributed by atoms with Crippen molar-refractivity contribution in [2.24, 2.45) is 16.6 Å². The number of aliphatic imine (C=N–C) groups is 1. The molecule has 3 rings (SSSR count). The molecule has 3 heteroatoms. The number of nitrogens with two attached hydrogens (primary N) is 1. The summed E-state index contributed by atoms with van der Waals surface area (Å²) in [7, 11) is 0. The molecule has 2 atom stereocenters. The number of nitrogens with zero attached hydrogens (tertiary/aromatic N) is 2. The zero-order valence-corrected chi connectivity index (χ0v) is 11.7. The smallest absolute Gasteiger partial charge is 0.192 e. The van der Waals surface area contributed by atoms with Gasteiger partial charge in [-0.15, -0.1) is 0 Å². The number of guanidine groups is 1. The van der Waals surface area contributed by atoms with E-state index in [1.165, 1.54) is 57.8 Å². The Morgan fingerprint density at radius 3 is 2.78 bits per heavy atom. The molecule has 0 bridgehead atoms. The second kappa shape index (κ2) is 4.75. The van der Waals surface area contributed by atoms with E-state index in [2.05, 4.69) is 16.8 Å². The van der Waals surface area contributed by atoms with E-state index in [0.29, 0.717) is 11.6 Å². The topological polar surface area (TPSA) is 41.6 Å². The summed E-state index contributed by atoms with van der Waals surface area (Å²) in [4.78, 5) is 7.19. The zero-order valence-electron chi connectivity index (χ0n) is 11.7. The van der Waals surface area contributed by atoms with Crippen molar-refractivity contribution in [2.45, 2.75) is 76.3 Å². The minimum atomic E-state index is 0.304. The summed E-state index contributed by atoms with van der Waals surface area (Å²) >= 11 is 0. The van der Waals surface area contributed by atoms with E-state index in [0.717, 1.165) is 18.4 Å². The van der Waals surface area contributed by atoms with Gasteiger partial charge in [-0.25, -0.2) is 0 Å². The summed E-state index contributed by atoms with van der Waals surface area (Å²) in [5, 5.41) is 0. The predicted molar refractivity (Wildman–Crippen MR) is 75.6 cm³/mol. The van der Waals surface area contributed by atoms with Gasteiger partial charge in [-0.1, -0.05) is 39.0 Å². The Hall–Kier alpha value is -0.730. The van der Waals surface area contributed by atoms with Crippen LogP contribution in [0.3, 0.4) is 0 Å². The van der Waals surface area contributed by atoms with Crippen molar-refractivity contribution in [3.63, 3.8) is 0 Å². The van der Waals surface area contributed by atoms with Crippen LogP contribution in [0.4, 0.5) is 0 Å². The lowest BCUT2D eigenvalue weighted by molar-refractivity contribution is 0.0764. The first kappa shape index (κ1) is 12.3. The highest BCUT2D eigenvalue weighted by atomic mass is 15.4. The SMILES string of the molecule is CCC1CCCC2(CN=C(N)N2C2CCCC2)C1. The maximum Gasteiger partial charge on any atom is 0.192 e. The highest BCUT2D eigenvalue weighted by Crippen LogP contribution is 2.43. The molecule has 0 amide bonds. The Bertz CT molecular complexity index is 333. The lowest BCUT2D eigenvalue weighted by Crippen LogP contribution is -2.57. The van der Waals surface area contributed by atoms with E-state index in [9.17, 15) is 0 Å². The Morgan fingerprint density at radius 2 is 2.06 bits per heavy atom. The normalized spacial score (nSPS) is 37.5. The van der Waals surface area contributed by atoms with Gasteiger partial charge in [0, 0.05) is 6.04 Å². The van der Waals surface area contributed by atoms with Crippen LogP contribution in [0.1, 0.15) is 64.7 Å². The van der Waals surface area contributed by atoms with Gasteiger partial charge < -0.3 is 10.6 Å². The van der Waals surface area contributed by atoms with Crippen LogP contribution in [0, 0.1) is 5.92 Å². The van der Waals surface area contributed by atoms with Gasteiger partial charge in [0.05, 0.1) is 12.1 Å². The molecular formula is C15H27N3. The fourth-order valence-corrected chi connectivity index (χ4v) is 4.53. The third-order valence-corrected chi connectivity index (χ3v) is 5.48. The molecule has 102 valence electrons. The molecule has 0 aromatic carbocycles. The molecule has 2 aliphatic carbocycles. The van der Waals surface area contributed by atoms with Gasteiger partial charge in [0.15, 0.2) is 5.96 Å². The minimum absolute atomic E-state index is 0.304. The minimum Gasteiger partial charge on any atom is -0.370 e. The molecule has 1 aliphatic heterocycles. The molecule has 0 saturated heterocycles. The lowest BCUT2D eigenvalue weighted by atomic mass is 9.73. The lowest BCUT2D eigenvalue weighted by Gasteiger charge is -2.47. The molecule has 3 aliphatic rings. The predicted octanol–water partition coefficient (Wildman–Crippen LogP) is 2.90. The first-order chi connectivity index (χ1) is 8.75. The van der Waals surface area contributed by atoms with Crippen molar-refractivity contribution in [1.29, 1.82) is 0 Å². The van der Waals surface area contributed by atoms with Crippen LogP contribution in [-0.2, 0) is 0 Å². The maximum atomic E-state index is 6.23. The van der Waals surface area contributed by atoms with Crippen molar-refractivity contribution in [3.8, 4) is 0 Å². The standard InChI is InChI=1S/C15H27N3/c1-2-12-6-5-9-15(10-12)11-17-14(16)18(15)13-7-3-4-8-13/h12-13H,2-11H2,1H3,(H2,16,17). The van der Waals surface area contributed by atoms with E-state index in [-0.39, 0.29) is 0 Å². The van der Waals surface area contributed by atoms with Gasteiger partial charge >= 0.3 is 0 Å². The summed E-state index contributed by atoms with van der Waals surface area (Å²) in [6.07, 6.45) is 12.1. The second-order valence-electron chi connectivity index (χ2n) is 6.58. The van der Waals surface area contributed by atoms with Crippen LogP contribution in [0.2, 0.25) is 0 Å². The molecule has 0 aromatic heterocycles. The average molecular weight is 249 g/mol. The van der Waals surface area contributed by atoms with E-state index >= 15 is 0 Å². The summed E-state index contributed by atoms with van der Waals surface area (Å²) in [6.45, 7) is 3.30. The van der Waals surface area contributed by atoms with Gasteiger partial charge in [-0.2, -0.15) is 0 Å². The molecule has 18 heavy (non-hydrogen) atoms. The van der Waals surface area contributed by atoms with E-state index in [1.807, 2.05) is 0 Å². The summed E-state index contributed by atoms with van der Waals surface area (Å²) < 4.78 is 0. The van der Waals surface area contributed by atoms with Crippen molar-refractivity contribution in [3.05, 3.63) is 0 Å². The molecule has 3 nitrogen and oxygen atoms in total. The van der Waals surface area contributed by atoms with Gasteiger partial charge in [0.25, 0.3) is 0 Å². The number of rotatable bonds is 2. The molecule has 2 saturated carbocycles. The molecule has 0 aromatic rings. The average Bonchev–Trinajstić information content (AvgIpc) is 2.99. The van der Waals surface area contributed by atoms with Crippen molar-refractivity contribution < 1.29 is 0 Å². The Labute approximate surface area is 111 Å². The van der Waals surface area contributed by atoms with E-state index < -0.39 is 0 Å². The van der Waals surface area contributed by atoms with Gasteiger partial charge in [-0.05, 0) is 31.6 Å². The third-order valence-electron chi connectivity index (χ3n) is 5.48. The first-order valence-corrected chi connectivity index (χ1v) is 7.84. The third kappa shape index (κ3) is 1.92. The first-order valence-electron chi connectivity index (χ1n) is 7.84. The molecule has 0 radical (unpaired) electrons. The van der Waals surface area contributed by atoms with Crippen LogP contribution in [0.5, 0.6) is 0 Å². The van der Waals surface area contributed by atoms with Crippen LogP contribution in [0.25, 0.3) is 0 Å². The highest BCUT2D eigenvalue weighted by Gasteiger charge is 2.48. The summed E-state index contributed by atoms with van der Waals surface area (Å²) in [5.74, 6) is 1.74. The number of hydrogen-bond acceptors (Lipinski definition) is 3. The second-order valence-corrected chi connectivity index (χ2v) is 6.58. The fraction of sp³-hybridized carbons (Fsp3) is 0.933. The van der Waals surface area contributed by atoms with Crippen molar-refractivity contribution >= 4 is 5.96 Å². The molecule has 1 heterocycles. The van der Waals surface area contributed by atoms with Crippen LogP contribution < -0.4 is 5.73 Å². The van der Waals surface area contributed by atoms with Crippen molar-refractivity contribution in [2.75, 3.05) is 6.54 Å². The number of hydrogen-bond donors (Lipinski definition) is 1. The van der Waals surface area contributed by atoms with E-state index in [4.69, 9.17) is 5.73 Å². The Balaban J connectivity index is 1.81. The molecule has 1 spiro atoms. The maximum absolute atomic E-state index is 6.23. The van der Waals surface area contributed by atoms with Crippen LogP contribution in [0.15, 0.2) is 4.99 Å². The largest absolute Gasteiger partial charge is 0.370 e. The zero-order chi connectivity index (χ0) is 12.6.